The van der Waals surface area contributed by atoms with Crippen LogP contribution in [0.2, 0.25) is 0 Å². The van der Waals surface area contributed by atoms with Gasteiger partial charge in [0, 0.05) is 23.7 Å². The zero-order valence-corrected chi connectivity index (χ0v) is 16.3. The number of carbonyl (C=O) groups excluding carboxylic acids is 1. The van der Waals surface area contributed by atoms with Crippen LogP contribution in [0.25, 0.3) is 0 Å². The zero-order valence-electron chi connectivity index (χ0n) is 13.9. The second kappa shape index (κ2) is 8.46. The molecule has 0 heterocycles. The summed E-state index contributed by atoms with van der Waals surface area (Å²) in [6.45, 7) is 2.60. The van der Waals surface area contributed by atoms with E-state index in [0.29, 0.717) is 23.3 Å². The Kier molecular flexibility index (Phi) is 6.57. The van der Waals surface area contributed by atoms with Crippen LogP contribution >= 0.6 is 15.9 Å². The molecule has 0 fully saturated rings. The molecule has 2 aromatic rings. The summed E-state index contributed by atoms with van der Waals surface area (Å²) in [7, 11) is -2.28. The molecular formula is C17H19BrN2O4S. The van der Waals surface area contributed by atoms with Crippen molar-refractivity contribution < 1.29 is 17.9 Å². The van der Waals surface area contributed by atoms with Gasteiger partial charge in [-0.15, -0.1) is 0 Å². The maximum atomic E-state index is 12.6. The molecule has 6 nitrogen and oxygen atoms in total. The van der Waals surface area contributed by atoms with Gasteiger partial charge >= 0.3 is 0 Å². The van der Waals surface area contributed by atoms with Crippen molar-refractivity contribution in [1.82, 2.24) is 5.32 Å². The third-order valence-electron chi connectivity index (χ3n) is 3.36. The monoisotopic (exact) mass is 426 g/mol. The number of sulfonamides is 1. The van der Waals surface area contributed by atoms with E-state index in [9.17, 15) is 13.2 Å². The number of aryl methyl sites for hydroxylation is 1. The Balaban J connectivity index is 2.23. The predicted octanol–water partition coefficient (Wildman–Crippen LogP) is 2.93. The summed E-state index contributed by atoms with van der Waals surface area (Å²) in [6.07, 6.45) is 0. The highest BCUT2D eigenvalue weighted by molar-refractivity contribution is 9.10. The number of carbonyl (C=O) groups is 1. The normalized spacial score (nSPS) is 11.2. The van der Waals surface area contributed by atoms with Crippen LogP contribution in [0.15, 0.2) is 51.8 Å². The van der Waals surface area contributed by atoms with Crippen LogP contribution in [-0.2, 0) is 14.8 Å². The van der Waals surface area contributed by atoms with E-state index in [2.05, 4.69) is 26.0 Å². The Morgan fingerprint density at radius 1 is 1.20 bits per heavy atom. The smallest absolute Gasteiger partial charge is 0.261 e. The molecule has 1 amide bonds. The summed E-state index contributed by atoms with van der Waals surface area (Å²) in [5, 5.41) is 2.66. The van der Waals surface area contributed by atoms with Crippen molar-refractivity contribution in [3.05, 3.63) is 58.1 Å². The largest absolute Gasteiger partial charge is 0.383 e. The number of benzene rings is 2. The SMILES string of the molecule is COCCNC(=O)c1cccc(S(=O)(=O)Nc2cc(C)ccc2Br)c1. The Morgan fingerprint density at radius 2 is 1.96 bits per heavy atom. The first-order valence-electron chi connectivity index (χ1n) is 7.49. The van der Waals surface area contributed by atoms with E-state index in [1.54, 1.807) is 18.2 Å². The van der Waals surface area contributed by atoms with Crippen LogP contribution in [0, 0.1) is 6.92 Å². The molecule has 0 aliphatic carbocycles. The van der Waals surface area contributed by atoms with Gasteiger partial charge in [0.25, 0.3) is 15.9 Å². The van der Waals surface area contributed by atoms with Crippen LogP contribution in [0.3, 0.4) is 0 Å². The van der Waals surface area contributed by atoms with Crippen molar-refractivity contribution in [2.24, 2.45) is 0 Å². The Labute approximate surface area is 155 Å². The highest BCUT2D eigenvalue weighted by atomic mass is 79.9. The minimum Gasteiger partial charge on any atom is -0.383 e. The molecule has 0 unspecified atom stereocenters. The third-order valence-corrected chi connectivity index (χ3v) is 5.42. The lowest BCUT2D eigenvalue weighted by Crippen LogP contribution is -2.27. The summed E-state index contributed by atoms with van der Waals surface area (Å²) in [5.74, 6) is -0.356. The third kappa shape index (κ3) is 5.29. The molecule has 0 aromatic heterocycles. The first-order chi connectivity index (χ1) is 11.8. The fourth-order valence-corrected chi connectivity index (χ4v) is 3.69. The van der Waals surface area contributed by atoms with Gasteiger partial charge in [-0.1, -0.05) is 12.1 Å². The molecule has 8 heteroatoms. The quantitative estimate of drug-likeness (QED) is 0.666. The van der Waals surface area contributed by atoms with E-state index in [4.69, 9.17) is 4.74 Å². The molecule has 0 bridgehead atoms. The number of hydrogen-bond donors (Lipinski definition) is 2. The molecule has 25 heavy (non-hydrogen) atoms. The van der Waals surface area contributed by atoms with Gasteiger partial charge in [0.05, 0.1) is 17.2 Å². The second-order valence-corrected chi connectivity index (χ2v) is 7.90. The molecule has 2 N–H and O–H groups in total. The van der Waals surface area contributed by atoms with Crippen LogP contribution in [0.1, 0.15) is 15.9 Å². The van der Waals surface area contributed by atoms with Crippen molar-refractivity contribution in [3.8, 4) is 0 Å². The Bertz CT molecular complexity index is 869. The van der Waals surface area contributed by atoms with E-state index >= 15 is 0 Å². The van der Waals surface area contributed by atoms with Gasteiger partial charge in [-0.2, -0.15) is 0 Å². The summed E-state index contributed by atoms with van der Waals surface area (Å²) in [5.41, 5.74) is 1.63. The number of nitrogens with one attached hydrogen (secondary N) is 2. The molecule has 0 aliphatic rings. The minimum absolute atomic E-state index is 0.0142. The highest BCUT2D eigenvalue weighted by Gasteiger charge is 2.17. The number of methoxy groups -OCH3 is 1. The highest BCUT2D eigenvalue weighted by Crippen LogP contribution is 2.26. The number of ether oxygens (including phenoxy) is 1. The number of hydrogen-bond acceptors (Lipinski definition) is 4. The topological polar surface area (TPSA) is 84.5 Å². The van der Waals surface area contributed by atoms with Crippen molar-refractivity contribution >= 4 is 37.5 Å². The van der Waals surface area contributed by atoms with E-state index in [1.165, 1.54) is 25.3 Å². The van der Waals surface area contributed by atoms with Crippen molar-refractivity contribution in [2.75, 3.05) is 25.0 Å². The first kappa shape index (κ1) is 19.4. The fourth-order valence-electron chi connectivity index (χ4n) is 2.09. The van der Waals surface area contributed by atoms with E-state index in [1.807, 2.05) is 13.0 Å². The van der Waals surface area contributed by atoms with E-state index in [0.717, 1.165) is 5.56 Å². The predicted molar refractivity (Wildman–Crippen MR) is 100 cm³/mol. The van der Waals surface area contributed by atoms with Crippen LogP contribution in [0.5, 0.6) is 0 Å². The van der Waals surface area contributed by atoms with Gasteiger partial charge in [-0.25, -0.2) is 8.42 Å². The van der Waals surface area contributed by atoms with Gasteiger partial charge in [0.2, 0.25) is 0 Å². The second-order valence-electron chi connectivity index (χ2n) is 5.37. The van der Waals surface area contributed by atoms with Crippen molar-refractivity contribution in [1.29, 1.82) is 0 Å². The van der Waals surface area contributed by atoms with Gasteiger partial charge in [0.15, 0.2) is 0 Å². The molecule has 2 aromatic carbocycles. The number of anilines is 1. The lowest BCUT2D eigenvalue weighted by atomic mass is 10.2. The van der Waals surface area contributed by atoms with Crippen LogP contribution < -0.4 is 10.0 Å². The maximum Gasteiger partial charge on any atom is 0.261 e. The van der Waals surface area contributed by atoms with Gasteiger partial charge in [-0.05, 0) is 58.7 Å². The average molecular weight is 427 g/mol. The lowest BCUT2D eigenvalue weighted by molar-refractivity contribution is 0.0937. The first-order valence-corrected chi connectivity index (χ1v) is 9.77. The molecule has 0 radical (unpaired) electrons. The van der Waals surface area contributed by atoms with E-state index in [-0.39, 0.29) is 16.4 Å². The maximum absolute atomic E-state index is 12.6. The number of halogens is 1. The molecule has 0 saturated carbocycles. The molecule has 0 spiro atoms. The summed E-state index contributed by atoms with van der Waals surface area (Å²) < 4.78 is 33.3. The van der Waals surface area contributed by atoms with Gasteiger partial charge in [-0.3, -0.25) is 9.52 Å². The summed E-state index contributed by atoms with van der Waals surface area (Å²) in [6, 6.07) is 11.2. The van der Waals surface area contributed by atoms with Crippen LogP contribution in [-0.4, -0.2) is 34.6 Å². The lowest BCUT2D eigenvalue weighted by Gasteiger charge is -2.11. The molecule has 0 atom stereocenters. The molecular weight excluding hydrogens is 408 g/mol. The molecule has 0 saturated heterocycles. The molecule has 0 aliphatic heterocycles. The van der Waals surface area contributed by atoms with Gasteiger partial charge < -0.3 is 10.1 Å². The molecule has 134 valence electrons. The van der Waals surface area contributed by atoms with E-state index < -0.39 is 10.0 Å². The van der Waals surface area contributed by atoms with Crippen molar-refractivity contribution in [2.45, 2.75) is 11.8 Å². The Hall–Kier alpha value is -1.90. The zero-order chi connectivity index (χ0) is 18.4. The standard InChI is InChI=1S/C17H19BrN2O4S/c1-12-6-7-15(18)16(10-12)20-25(22,23)14-5-3-4-13(11-14)17(21)19-8-9-24-2/h3-7,10-11,20H,8-9H2,1-2H3,(H,19,21). The average Bonchev–Trinajstić information content (AvgIpc) is 2.58. The van der Waals surface area contributed by atoms with Crippen molar-refractivity contribution in [3.63, 3.8) is 0 Å². The molecule has 2 rings (SSSR count). The Morgan fingerprint density at radius 3 is 2.68 bits per heavy atom. The van der Waals surface area contributed by atoms with Crippen LogP contribution in [0.4, 0.5) is 5.69 Å². The fraction of sp³-hybridized carbons (Fsp3) is 0.235. The number of rotatable bonds is 7. The summed E-state index contributed by atoms with van der Waals surface area (Å²) >= 11 is 3.33. The van der Waals surface area contributed by atoms with Gasteiger partial charge in [0.1, 0.15) is 0 Å². The summed E-state index contributed by atoms with van der Waals surface area (Å²) in [4.78, 5) is 12.1. The number of amides is 1. The minimum atomic E-state index is -3.82.